The Morgan fingerprint density at radius 2 is 1.13 bits per heavy atom. The summed E-state index contributed by atoms with van der Waals surface area (Å²) in [6, 6.07) is 30.6. The third kappa shape index (κ3) is 31.3. The molecular formula is C55H74ClCuIMgN5O7. The summed E-state index contributed by atoms with van der Waals surface area (Å²) in [7, 11) is 0. The van der Waals surface area contributed by atoms with Gasteiger partial charge < -0.3 is 50.8 Å². The minimum atomic E-state index is -0.478. The molecule has 0 aromatic heterocycles. The van der Waals surface area contributed by atoms with Gasteiger partial charge >= 0.3 is 74.3 Å². The van der Waals surface area contributed by atoms with Gasteiger partial charge in [-0.1, -0.05) is 73.2 Å². The average Bonchev–Trinajstić information content (AvgIpc) is 3.85. The molecule has 2 amide bonds. The van der Waals surface area contributed by atoms with Crippen molar-refractivity contribution in [3.8, 4) is 0 Å². The van der Waals surface area contributed by atoms with Crippen LogP contribution in [0.2, 0.25) is 0 Å². The topological polar surface area (TPSA) is 108 Å². The molecule has 1 saturated carbocycles. The first-order valence-electron chi connectivity index (χ1n) is 23.2. The molecule has 3 aromatic carbocycles. The molecule has 3 heterocycles. The molecule has 4 aliphatic rings. The van der Waals surface area contributed by atoms with E-state index < -0.39 is 11.2 Å². The maximum Gasteiger partial charge on any atom is 2.00 e. The normalized spacial score (nSPS) is 14.9. The predicted molar refractivity (Wildman–Crippen MR) is 285 cm³/mol. The molecule has 4 fully saturated rings. The van der Waals surface area contributed by atoms with Crippen LogP contribution in [0.25, 0.3) is 14.5 Å². The third-order valence-corrected chi connectivity index (χ3v) is 10.5. The molecule has 3 saturated heterocycles. The van der Waals surface area contributed by atoms with Gasteiger partial charge in [-0.2, -0.15) is 24.6 Å². The van der Waals surface area contributed by atoms with Crippen LogP contribution >= 0.6 is 20.3 Å². The number of carbonyl (C=O) groups is 3. The molecule has 12 nitrogen and oxygen atoms in total. The molecule has 0 spiro atoms. The fourth-order valence-corrected chi connectivity index (χ4v) is 7.21. The Morgan fingerprint density at radius 1 is 0.718 bits per heavy atom. The molecule has 1 aliphatic carbocycles. The van der Waals surface area contributed by atoms with Crippen LogP contribution in [-0.2, 0) is 49.3 Å². The number of halogens is 2. The van der Waals surface area contributed by atoms with E-state index in [4.69, 9.17) is 33.9 Å². The van der Waals surface area contributed by atoms with Gasteiger partial charge in [0.25, 0.3) is 0 Å². The summed E-state index contributed by atoms with van der Waals surface area (Å²) in [5, 5.41) is 0. The molecule has 0 bridgehead atoms. The zero-order chi connectivity index (χ0) is 51.8. The Bertz CT molecular complexity index is 2080. The van der Waals surface area contributed by atoms with Gasteiger partial charge in [0.15, 0.2) is 6.20 Å². The van der Waals surface area contributed by atoms with E-state index in [2.05, 4.69) is 75.4 Å². The average molecular weight is 1170 g/mol. The van der Waals surface area contributed by atoms with Gasteiger partial charge in [0.05, 0.1) is 18.6 Å². The van der Waals surface area contributed by atoms with Crippen molar-refractivity contribution in [3.63, 3.8) is 0 Å². The number of esters is 1. The Balaban J connectivity index is 0. The molecule has 0 atom stereocenters. The van der Waals surface area contributed by atoms with E-state index in [1.165, 1.54) is 56.4 Å². The van der Waals surface area contributed by atoms with Gasteiger partial charge in [0.2, 0.25) is 13.1 Å². The number of benzene rings is 3. The third-order valence-electron chi connectivity index (χ3n) is 10.5. The van der Waals surface area contributed by atoms with Crippen molar-refractivity contribution in [2.75, 3.05) is 59.1 Å². The van der Waals surface area contributed by atoms with Crippen molar-refractivity contribution in [1.29, 1.82) is 0 Å². The van der Waals surface area contributed by atoms with Crippen molar-refractivity contribution in [2.24, 2.45) is 10.8 Å². The number of nitrogens with zero attached hydrogens (tertiary/aromatic N) is 5. The minimum absolute atomic E-state index is 0. The van der Waals surface area contributed by atoms with Gasteiger partial charge in [-0.25, -0.2) is 27.6 Å². The summed E-state index contributed by atoms with van der Waals surface area (Å²) in [5.41, 5.74) is 3.92. The smallest absolute Gasteiger partial charge is 2.00 e. The molecule has 0 N–H and O–H groups in total. The van der Waals surface area contributed by atoms with E-state index in [9.17, 15) is 14.4 Å². The van der Waals surface area contributed by atoms with E-state index in [0.717, 1.165) is 37.2 Å². The van der Waals surface area contributed by atoms with Crippen LogP contribution in [0.3, 0.4) is 0 Å². The number of carbonyl (C=O) groups excluding carboxylic acids is 3. The number of ether oxygens (including phenoxy) is 4. The first-order valence-corrected chi connectivity index (χ1v) is 26.2. The van der Waals surface area contributed by atoms with E-state index in [1.54, 1.807) is 37.1 Å². The molecule has 71 heavy (non-hydrogen) atoms. The molecule has 0 unspecified atom stereocenters. The molecule has 16 heteroatoms. The maximum absolute atomic E-state index is 12.0. The fraction of sp³-hybridized carbons (Fsp3) is 0.509. The van der Waals surface area contributed by atoms with Crippen LogP contribution in [0, 0.1) is 37.5 Å². The SMILES string of the molecule is C1CCOC1.CCOC(C)=O.[C-]#[N+]C=C1CN(C(=O)OC(C)(C)C)C1.[C-]#[N+]CC1(Cc2ccccc2)CCC1.[C-]#[N+]CC1(Cc2ccccc2)CN(C(=O)OC(C)(C)C)C1.[CH2-]c1ccccc1.[Cl-].[Cu][I].[Mg+2]. The summed E-state index contributed by atoms with van der Waals surface area (Å²) in [6.07, 6.45) is 9.14. The summed E-state index contributed by atoms with van der Waals surface area (Å²) in [6.45, 7) is 44.6. The van der Waals surface area contributed by atoms with Gasteiger partial charge in [0.1, 0.15) is 11.2 Å². The van der Waals surface area contributed by atoms with Crippen molar-refractivity contribution < 1.29 is 58.5 Å². The van der Waals surface area contributed by atoms with E-state index in [0.29, 0.717) is 51.3 Å². The first kappa shape index (κ1) is 69.1. The molecule has 3 aliphatic heterocycles. The van der Waals surface area contributed by atoms with Crippen molar-refractivity contribution in [3.05, 3.63) is 161 Å². The van der Waals surface area contributed by atoms with E-state index in [1.807, 2.05) is 96.1 Å². The largest absolute Gasteiger partial charge is 2.00 e. The van der Waals surface area contributed by atoms with E-state index in [-0.39, 0.29) is 59.0 Å². The second-order valence-electron chi connectivity index (χ2n) is 19.1. The molecular weight excluding hydrogens is 1090 g/mol. The number of likely N-dealkylation sites (tertiary alicyclic amines) is 2. The first-order chi connectivity index (χ1) is 32.8. The monoisotopic (exact) mass is 1170 g/mol. The zero-order valence-electron chi connectivity index (χ0n) is 43.1. The van der Waals surface area contributed by atoms with Gasteiger partial charge in [0, 0.05) is 51.7 Å². The fourth-order valence-electron chi connectivity index (χ4n) is 7.21. The van der Waals surface area contributed by atoms with Crippen molar-refractivity contribution in [1.82, 2.24) is 9.80 Å². The number of hydrogen-bond acceptors (Lipinski definition) is 7. The Labute approximate surface area is 468 Å². The number of rotatable bonds is 7. The van der Waals surface area contributed by atoms with Crippen molar-refractivity contribution in [2.45, 2.75) is 112 Å². The van der Waals surface area contributed by atoms with Crippen molar-refractivity contribution >= 4 is 61.6 Å². The second-order valence-corrected chi connectivity index (χ2v) is 19.1. The van der Waals surface area contributed by atoms with Gasteiger partial charge in [-0.05, 0) is 104 Å². The summed E-state index contributed by atoms with van der Waals surface area (Å²) < 4.78 is 19.9. The van der Waals surface area contributed by atoms with Crippen LogP contribution in [-0.4, -0.2) is 121 Å². The second kappa shape index (κ2) is 37.7. The van der Waals surface area contributed by atoms with Crippen LogP contribution in [0.5, 0.6) is 0 Å². The maximum atomic E-state index is 12.0. The molecule has 388 valence electrons. The Kier molecular flexibility index (Phi) is 36.7. The summed E-state index contributed by atoms with van der Waals surface area (Å²) in [5.74, 6) is -0.211. The molecule has 0 radical (unpaired) electrons. The minimum Gasteiger partial charge on any atom is 2.00 e. The summed E-state index contributed by atoms with van der Waals surface area (Å²) in [4.78, 5) is 46.8. The van der Waals surface area contributed by atoms with E-state index >= 15 is 0 Å². The van der Waals surface area contributed by atoms with Gasteiger partial charge in [-0.15, -0.1) is 12.1 Å². The zero-order valence-corrected chi connectivity index (χ0v) is 48.4. The van der Waals surface area contributed by atoms with Crippen LogP contribution in [0.15, 0.2) is 103 Å². The predicted octanol–water partition coefficient (Wildman–Crippen LogP) is 9.49. The van der Waals surface area contributed by atoms with Gasteiger partial charge in [-0.3, -0.25) is 4.79 Å². The molecule has 7 rings (SSSR count). The van der Waals surface area contributed by atoms with Crippen LogP contribution < -0.4 is 12.4 Å². The van der Waals surface area contributed by atoms with Crippen LogP contribution in [0.1, 0.15) is 104 Å². The van der Waals surface area contributed by atoms with Crippen LogP contribution in [0.4, 0.5) is 9.59 Å². The number of amides is 2. The standard InChI is InChI=1S/C17H22N2O2.C13H15N.C10H14N2O2.C7H7.C4H8O2.C4H8O.ClH.Cu.HI.Mg/c1-16(2,3)21-15(20)19-12-17(13-19,11-18-4)10-14-8-6-5-7-9-14;1-14-11-13(8-5-9-13)10-12-6-3-2-4-7-12;1-10(2,3)14-9(13)12-6-8(7-12)5-11-4;1-7-5-3-2-4-6-7;1-3-6-4(2)5;1-2-4-5-3-1;;;;/h5-9H,10-13H2,1-3H3;2-4,6-7H,5,8-11H2;5H,6-7H2,1-3H3;2-6H,1H2;3H2,1-2H3;1-4H2;1H;;1H;/q;;;-1;;;;+1;;+2/p-2. The number of hydrogen-bond donors (Lipinski definition) is 0. The Hall–Kier alpha value is -3.98. The Morgan fingerprint density at radius 3 is 1.42 bits per heavy atom. The quantitative estimate of drug-likeness (QED) is 0.0763. The molecule has 3 aromatic rings. The summed E-state index contributed by atoms with van der Waals surface area (Å²) >= 11 is 5.87.